The van der Waals surface area contributed by atoms with Crippen LogP contribution in [0.5, 0.6) is 0 Å². The molecule has 0 heterocycles. The van der Waals surface area contributed by atoms with E-state index in [4.69, 9.17) is 4.74 Å². The van der Waals surface area contributed by atoms with Crippen molar-refractivity contribution in [1.29, 1.82) is 0 Å². The van der Waals surface area contributed by atoms with Gasteiger partial charge in [0.25, 0.3) is 0 Å². The molecule has 2 atom stereocenters. The van der Waals surface area contributed by atoms with Crippen LogP contribution in [0.4, 0.5) is 0 Å². The lowest BCUT2D eigenvalue weighted by molar-refractivity contribution is -0.146. The van der Waals surface area contributed by atoms with Crippen LogP contribution in [0, 0.1) is 0 Å². The van der Waals surface area contributed by atoms with Crippen molar-refractivity contribution in [3.63, 3.8) is 0 Å². The Morgan fingerprint density at radius 2 is 0.683 bits per heavy atom. The van der Waals surface area contributed by atoms with Gasteiger partial charge in [-0.3, -0.25) is 9.59 Å². The fraction of sp³-hybridized carbons (Fsp3) is 0.897. The van der Waals surface area contributed by atoms with Gasteiger partial charge >= 0.3 is 5.97 Å². The smallest absolute Gasteiger partial charge is 0.305 e. The Bertz CT molecular complexity index is 978. The molecule has 0 fully saturated rings. The van der Waals surface area contributed by atoms with E-state index in [1.54, 1.807) is 6.08 Å². The molecule has 0 aromatic carbocycles. The summed E-state index contributed by atoms with van der Waals surface area (Å²) in [5.41, 5.74) is 0. The minimum atomic E-state index is -0.872. The fourth-order valence-electron chi connectivity index (χ4n) is 8.76. The number of hydrogen-bond acceptors (Lipinski definition) is 4. The molecular weight excluding hydrogens is 775 g/mol. The second-order valence-electron chi connectivity index (χ2n) is 19.5. The number of allylic oxidation sites excluding steroid dienone is 3. The van der Waals surface area contributed by atoms with Gasteiger partial charge in [0.1, 0.15) is 6.61 Å². The molecule has 0 aliphatic rings. The summed E-state index contributed by atoms with van der Waals surface area (Å²) in [6, 6.07) is -0.617. The number of rotatable bonds is 52. The molecule has 63 heavy (non-hydrogen) atoms. The van der Waals surface area contributed by atoms with Crippen molar-refractivity contribution in [2.24, 2.45) is 0 Å². The second kappa shape index (κ2) is 53.0. The van der Waals surface area contributed by atoms with Gasteiger partial charge in [0, 0.05) is 12.8 Å². The van der Waals surface area contributed by atoms with Gasteiger partial charge < -0.3 is 15.2 Å². The maximum absolute atomic E-state index is 13.0. The number of aliphatic hydroxyl groups is 1. The number of amides is 1. The molecule has 0 rings (SSSR count). The van der Waals surface area contributed by atoms with E-state index in [0.717, 1.165) is 38.5 Å². The van der Waals surface area contributed by atoms with Crippen molar-refractivity contribution < 1.29 is 19.4 Å². The van der Waals surface area contributed by atoms with E-state index in [1.165, 1.54) is 244 Å². The van der Waals surface area contributed by atoms with Crippen LogP contribution in [-0.2, 0) is 14.3 Å². The molecule has 0 bridgehead atoms. The molecule has 372 valence electrons. The first-order valence-electron chi connectivity index (χ1n) is 28.5. The summed E-state index contributed by atoms with van der Waals surface area (Å²) in [7, 11) is 0. The molecule has 0 saturated carbocycles. The molecule has 0 saturated heterocycles. The molecule has 0 aliphatic heterocycles. The first kappa shape index (κ1) is 61.4. The van der Waals surface area contributed by atoms with Crippen LogP contribution in [0.2, 0.25) is 0 Å². The average Bonchev–Trinajstić information content (AvgIpc) is 3.28. The summed E-state index contributed by atoms with van der Waals surface area (Å²) in [5, 5.41) is 14.1. The molecule has 2 N–H and O–H groups in total. The maximum Gasteiger partial charge on any atom is 0.305 e. The number of carbonyl (C=O) groups is 2. The zero-order valence-corrected chi connectivity index (χ0v) is 42.9. The highest BCUT2D eigenvalue weighted by molar-refractivity contribution is 5.76. The van der Waals surface area contributed by atoms with Crippen LogP contribution in [-0.4, -0.2) is 35.7 Å². The van der Waals surface area contributed by atoms with Gasteiger partial charge in [0.2, 0.25) is 5.91 Å². The Labute approximate surface area is 394 Å². The average molecular weight is 887 g/mol. The third-order valence-electron chi connectivity index (χ3n) is 13.1. The van der Waals surface area contributed by atoms with Crippen molar-refractivity contribution in [1.82, 2.24) is 5.32 Å². The van der Waals surface area contributed by atoms with Crippen LogP contribution in [0.15, 0.2) is 24.3 Å². The lowest BCUT2D eigenvalue weighted by atomic mass is 10.0. The number of nitrogens with one attached hydrogen (secondary N) is 1. The Balaban J connectivity index is 4.29. The highest BCUT2D eigenvalue weighted by Gasteiger charge is 2.21. The van der Waals surface area contributed by atoms with Crippen LogP contribution in [0.1, 0.15) is 316 Å². The predicted molar refractivity (Wildman–Crippen MR) is 277 cm³/mol. The van der Waals surface area contributed by atoms with Crippen LogP contribution >= 0.6 is 0 Å². The van der Waals surface area contributed by atoms with Crippen molar-refractivity contribution in [2.75, 3.05) is 6.61 Å². The minimum Gasteiger partial charge on any atom is -0.463 e. The highest BCUT2D eigenvalue weighted by Crippen LogP contribution is 2.16. The molecule has 1 amide bonds. The first-order chi connectivity index (χ1) is 31.0. The molecule has 0 unspecified atom stereocenters. The van der Waals surface area contributed by atoms with E-state index in [2.05, 4.69) is 38.2 Å². The van der Waals surface area contributed by atoms with E-state index in [-0.39, 0.29) is 18.5 Å². The van der Waals surface area contributed by atoms with E-state index in [0.29, 0.717) is 12.8 Å². The quantitative estimate of drug-likeness (QED) is 0.0362. The summed E-state index contributed by atoms with van der Waals surface area (Å²) in [5.74, 6) is -0.283. The third-order valence-corrected chi connectivity index (χ3v) is 13.1. The highest BCUT2D eigenvalue weighted by atomic mass is 16.5. The fourth-order valence-corrected chi connectivity index (χ4v) is 8.76. The van der Waals surface area contributed by atoms with Crippen molar-refractivity contribution >= 4 is 11.9 Å². The van der Waals surface area contributed by atoms with Gasteiger partial charge in [-0.05, 0) is 51.4 Å². The second-order valence-corrected chi connectivity index (χ2v) is 19.5. The summed E-state index contributed by atoms with van der Waals surface area (Å²) in [6.45, 7) is 6.85. The Hall–Kier alpha value is -1.62. The summed E-state index contributed by atoms with van der Waals surface area (Å²) in [4.78, 5) is 25.7. The van der Waals surface area contributed by atoms with Gasteiger partial charge in [-0.2, -0.15) is 0 Å². The monoisotopic (exact) mass is 886 g/mol. The lowest BCUT2D eigenvalue weighted by Gasteiger charge is -2.22. The Morgan fingerprint density at radius 1 is 0.397 bits per heavy atom. The molecule has 0 aromatic heterocycles. The normalized spacial score (nSPS) is 12.8. The summed E-state index contributed by atoms with van der Waals surface area (Å²) >= 11 is 0. The van der Waals surface area contributed by atoms with E-state index < -0.39 is 12.1 Å². The Kier molecular flexibility index (Phi) is 51.6. The first-order valence-corrected chi connectivity index (χ1v) is 28.5. The number of carbonyl (C=O) groups excluding carboxylic acids is 2. The largest absolute Gasteiger partial charge is 0.463 e. The third kappa shape index (κ3) is 49.7. The molecule has 5 heteroatoms. The zero-order valence-electron chi connectivity index (χ0n) is 42.9. The van der Waals surface area contributed by atoms with E-state index in [1.807, 2.05) is 6.08 Å². The van der Waals surface area contributed by atoms with Crippen LogP contribution in [0.3, 0.4) is 0 Å². The molecule has 5 nitrogen and oxygen atoms in total. The number of esters is 1. The van der Waals surface area contributed by atoms with Gasteiger partial charge in [0.05, 0.1) is 12.1 Å². The molecular formula is C58H111NO4. The van der Waals surface area contributed by atoms with Gasteiger partial charge in [0.15, 0.2) is 0 Å². The van der Waals surface area contributed by atoms with E-state index >= 15 is 0 Å². The summed E-state index contributed by atoms with van der Waals surface area (Å²) < 4.78 is 5.66. The molecule has 0 radical (unpaired) electrons. The van der Waals surface area contributed by atoms with E-state index in [9.17, 15) is 14.7 Å². The SMILES string of the molecule is CCCCCCCC/C=C\CCCCCCCCCCCCCC(=O)OC[C@H](NC(=O)CCCCCCCCCCCCCCC)[C@H](O)/C=C/CCCCCCCCCCCCC. The van der Waals surface area contributed by atoms with Crippen LogP contribution in [0.25, 0.3) is 0 Å². The number of unbranched alkanes of at least 4 members (excludes halogenated alkanes) is 40. The zero-order chi connectivity index (χ0) is 45.8. The number of hydrogen-bond donors (Lipinski definition) is 2. The predicted octanol–water partition coefficient (Wildman–Crippen LogP) is 18.5. The number of ether oxygens (including phenoxy) is 1. The molecule has 0 spiro atoms. The maximum atomic E-state index is 13.0. The number of aliphatic hydroxyl groups excluding tert-OH is 1. The van der Waals surface area contributed by atoms with Crippen molar-refractivity contribution in [2.45, 2.75) is 328 Å². The minimum absolute atomic E-state index is 0.0169. The van der Waals surface area contributed by atoms with Crippen LogP contribution < -0.4 is 5.32 Å². The lowest BCUT2D eigenvalue weighted by Crippen LogP contribution is -2.46. The molecule has 0 aliphatic carbocycles. The standard InChI is InChI=1S/C58H111NO4/c1-4-7-10-13-16-19-22-25-26-27-28-29-30-31-32-35-38-41-44-47-50-53-58(62)63-54-55(56(60)51-48-45-42-39-36-33-23-20-17-14-11-8-5-2)59-57(61)52-49-46-43-40-37-34-24-21-18-15-12-9-6-3/h25-26,48,51,55-56,60H,4-24,27-47,49-50,52-54H2,1-3H3,(H,59,61)/b26-25-,51-48+/t55-,56+/m0/s1. The van der Waals surface area contributed by atoms with Crippen molar-refractivity contribution in [3.8, 4) is 0 Å². The summed E-state index contributed by atoms with van der Waals surface area (Å²) in [6.07, 6.45) is 65.1. The van der Waals surface area contributed by atoms with Gasteiger partial charge in [-0.25, -0.2) is 0 Å². The van der Waals surface area contributed by atoms with Gasteiger partial charge in [-0.1, -0.05) is 276 Å². The van der Waals surface area contributed by atoms with Crippen molar-refractivity contribution in [3.05, 3.63) is 24.3 Å². The van der Waals surface area contributed by atoms with Gasteiger partial charge in [-0.15, -0.1) is 0 Å². The Morgan fingerprint density at radius 3 is 1.03 bits per heavy atom. The topological polar surface area (TPSA) is 75.6 Å². The molecule has 0 aromatic rings.